The minimum atomic E-state index is -3.73. The molecule has 0 unspecified atom stereocenters. The van der Waals surface area contributed by atoms with Crippen LogP contribution in [0.5, 0.6) is 0 Å². The zero-order valence-corrected chi connectivity index (χ0v) is 16.9. The zero-order valence-electron chi connectivity index (χ0n) is 15.3. The molecule has 0 atom stereocenters. The van der Waals surface area contributed by atoms with Gasteiger partial charge in [-0.2, -0.15) is 0 Å². The van der Waals surface area contributed by atoms with E-state index in [0.717, 1.165) is 37.2 Å². The van der Waals surface area contributed by atoms with E-state index in [0.29, 0.717) is 16.8 Å². The van der Waals surface area contributed by atoms with Gasteiger partial charge >= 0.3 is 0 Å². The van der Waals surface area contributed by atoms with Crippen LogP contribution >= 0.6 is 11.6 Å². The van der Waals surface area contributed by atoms with Crippen molar-refractivity contribution < 1.29 is 8.42 Å². The standard InChI is InChI=1S/C21H22ClN3O2S/c22-17-5-2-7-20(15-17)28(26,27)25-13-3-8-21(25)16-4-1-6-19(14-16)24-18-9-11-23-12-10-18/h1-8,13-15,18,23-24H,9-12H2. The first-order chi connectivity index (χ1) is 13.5. The van der Waals surface area contributed by atoms with E-state index in [1.807, 2.05) is 30.3 Å². The maximum atomic E-state index is 13.1. The Morgan fingerprint density at radius 3 is 2.57 bits per heavy atom. The molecular weight excluding hydrogens is 394 g/mol. The molecule has 1 fully saturated rings. The van der Waals surface area contributed by atoms with Crippen molar-refractivity contribution in [3.8, 4) is 11.3 Å². The second-order valence-corrected chi connectivity index (χ2v) is 9.15. The molecule has 0 bridgehead atoms. The van der Waals surface area contributed by atoms with Crippen LogP contribution in [-0.4, -0.2) is 31.5 Å². The van der Waals surface area contributed by atoms with Gasteiger partial charge in [-0.1, -0.05) is 29.8 Å². The molecule has 7 heteroatoms. The zero-order chi connectivity index (χ0) is 19.6. The number of hydrogen-bond acceptors (Lipinski definition) is 4. The van der Waals surface area contributed by atoms with Crippen molar-refractivity contribution in [1.82, 2.24) is 9.29 Å². The first-order valence-electron chi connectivity index (χ1n) is 9.30. The minimum absolute atomic E-state index is 0.168. The van der Waals surface area contributed by atoms with Gasteiger partial charge < -0.3 is 10.6 Å². The lowest BCUT2D eigenvalue weighted by atomic mass is 10.1. The third-order valence-electron chi connectivity index (χ3n) is 4.93. The first kappa shape index (κ1) is 19.1. The molecule has 146 valence electrons. The number of nitrogens with one attached hydrogen (secondary N) is 2. The van der Waals surface area contributed by atoms with Crippen molar-refractivity contribution in [2.45, 2.75) is 23.8 Å². The van der Waals surface area contributed by atoms with Gasteiger partial charge in [0.25, 0.3) is 10.0 Å². The Kier molecular flexibility index (Phi) is 5.44. The summed E-state index contributed by atoms with van der Waals surface area (Å²) in [4.78, 5) is 0.168. The van der Waals surface area contributed by atoms with Crippen LogP contribution in [0.4, 0.5) is 5.69 Å². The van der Waals surface area contributed by atoms with E-state index < -0.39 is 10.0 Å². The van der Waals surface area contributed by atoms with Crippen LogP contribution < -0.4 is 10.6 Å². The van der Waals surface area contributed by atoms with Crippen LogP contribution in [0.3, 0.4) is 0 Å². The Morgan fingerprint density at radius 2 is 1.79 bits per heavy atom. The summed E-state index contributed by atoms with van der Waals surface area (Å²) in [6, 6.07) is 18.2. The molecule has 2 N–H and O–H groups in total. The van der Waals surface area contributed by atoms with Gasteiger partial charge in [-0.3, -0.25) is 0 Å². The van der Waals surface area contributed by atoms with E-state index >= 15 is 0 Å². The quantitative estimate of drug-likeness (QED) is 0.655. The van der Waals surface area contributed by atoms with E-state index in [1.54, 1.807) is 30.5 Å². The lowest BCUT2D eigenvalue weighted by Gasteiger charge is -2.25. The van der Waals surface area contributed by atoms with Crippen LogP contribution in [0.25, 0.3) is 11.3 Å². The van der Waals surface area contributed by atoms with Gasteiger partial charge in [0.05, 0.1) is 10.6 Å². The Bertz CT molecular complexity index is 1070. The van der Waals surface area contributed by atoms with Crippen molar-refractivity contribution >= 4 is 27.3 Å². The minimum Gasteiger partial charge on any atom is -0.382 e. The molecule has 0 radical (unpaired) electrons. The van der Waals surface area contributed by atoms with Crippen molar-refractivity contribution in [3.63, 3.8) is 0 Å². The highest BCUT2D eigenvalue weighted by atomic mass is 35.5. The molecule has 0 aliphatic carbocycles. The smallest absolute Gasteiger partial charge is 0.268 e. The lowest BCUT2D eigenvalue weighted by molar-refractivity contribution is 0.479. The summed E-state index contributed by atoms with van der Waals surface area (Å²) in [7, 11) is -3.73. The molecule has 0 spiro atoms. The normalized spacial score (nSPS) is 15.5. The van der Waals surface area contributed by atoms with Crippen LogP contribution in [0.1, 0.15) is 12.8 Å². The maximum absolute atomic E-state index is 13.1. The molecule has 0 saturated carbocycles. The largest absolute Gasteiger partial charge is 0.382 e. The molecule has 1 aliphatic heterocycles. The monoisotopic (exact) mass is 415 g/mol. The summed E-state index contributed by atoms with van der Waals surface area (Å²) in [5.74, 6) is 0. The molecule has 1 aliphatic rings. The van der Waals surface area contributed by atoms with Crippen molar-refractivity contribution in [2.75, 3.05) is 18.4 Å². The van der Waals surface area contributed by atoms with Gasteiger partial charge in [-0.05, 0) is 68.4 Å². The molecule has 0 amide bonds. The summed E-state index contributed by atoms with van der Waals surface area (Å²) < 4.78 is 27.6. The average molecular weight is 416 g/mol. The van der Waals surface area contributed by atoms with Crippen molar-refractivity contribution in [1.29, 1.82) is 0 Å². The molecule has 2 heterocycles. The number of anilines is 1. The van der Waals surface area contributed by atoms with Crippen molar-refractivity contribution in [2.24, 2.45) is 0 Å². The van der Waals surface area contributed by atoms with E-state index in [1.165, 1.54) is 10.0 Å². The van der Waals surface area contributed by atoms with E-state index in [-0.39, 0.29) is 4.90 Å². The Hall–Kier alpha value is -2.28. The predicted molar refractivity (Wildman–Crippen MR) is 113 cm³/mol. The average Bonchev–Trinajstić information content (AvgIpc) is 3.20. The molecule has 1 saturated heterocycles. The SMILES string of the molecule is O=S(=O)(c1cccc(Cl)c1)n1cccc1-c1cccc(NC2CCNCC2)c1. The Balaban J connectivity index is 1.66. The molecule has 3 aromatic rings. The number of rotatable bonds is 5. The van der Waals surface area contributed by atoms with Crippen LogP contribution in [0, 0.1) is 0 Å². The number of piperidine rings is 1. The fourth-order valence-electron chi connectivity index (χ4n) is 3.51. The molecule has 1 aromatic heterocycles. The number of benzene rings is 2. The highest BCUT2D eigenvalue weighted by Crippen LogP contribution is 2.28. The summed E-state index contributed by atoms with van der Waals surface area (Å²) in [6.07, 6.45) is 3.71. The summed E-state index contributed by atoms with van der Waals surface area (Å²) in [6.45, 7) is 2.02. The van der Waals surface area contributed by atoms with Gasteiger partial charge in [0, 0.05) is 28.5 Å². The molecule has 5 nitrogen and oxygen atoms in total. The van der Waals surface area contributed by atoms with Crippen LogP contribution in [0.15, 0.2) is 71.8 Å². The van der Waals surface area contributed by atoms with Gasteiger partial charge in [0.1, 0.15) is 0 Å². The maximum Gasteiger partial charge on any atom is 0.268 e. The van der Waals surface area contributed by atoms with Gasteiger partial charge in [0.15, 0.2) is 0 Å². The van der Waals surface area contributed by atoms with Gasteiger partial charge in [0.2, 0.25) is 0 Å². The lowest BCUT2D eigenvalue weighted by Crippen LogP contribution is -2.35. The van der Waals surface area contributed by atoms with Crippen molar-refractivity contribution in [3.05, 3.63) is 71.9 Å². The molecular formula is C21H22ClN3O2S. The van der Waals surface area contributed by atoms with Crippen LogP contribution in [-0.2, 0) is 10.0 Å². The molecule has 28 heavy (non-hydrogen) atoms. The fraction of sp³-hybridized carbons (Fsp3) is 0.238. The molecule has 2 aromatic carbocycles. The number of hydrogen-bond donors (Lipinski definition) is 2. The van der Waals surface area contributed by atoms with Gasteiger partial charge in [-0.15, -0.1) is 0 Å². The number of nitrogens with zero attached hydrogens (tertiary/aromatic N) is 1. The van der Waals surface area contributed by atoms with Gasteiger partial charge in [-0.25, -0.2) is 12.4 Å². The first-order valence-corrected chi connectivity index (χ1v) is 11.1. The summed E-state index contributed by atoms with van der Waals surface area (Å²) >= 11 is 6.00. The number of aromatic nitrogens is 1. The third kappa shape index (κ3) is 3.94. The highest BCUT2D eigenvalue weighted by molar-refractivity contribution is 7.90. The predicted octanol–water partition coefficient (Wildman–Crippen LogP) is 4.21. The second kappa shape index (κ2) is 7.99. The topological polar surface area (TPSA) is 63.1 Å². The number of halogens is 1. The Morgan fingerprint density at radius 1 is 1.00 bits per heavy atom. The molecule has 4 rings (SSSR count). The van der Waals surface area contributed by atoms with E-state index in [2.05, 4.69) is 10.6 Å². The Labute approximate surface area is 170 Å². The third-order valence-corrected chi connectivity index (χ3v) is 6.86. The second-order valence-electron chi connectivity index (χ2n) is 6.90. The summed E-state index contributed by atoms with van der Waals surface area (Å²) in [5.41, 5.74) is 2.46. The highest BCUT2D eigenvalue weighted by Gasteiger charge is 2.20. The fourth-order valence-corrected chi connectivity index (χ4v) is 5.17. The summed E-state index contributed by atoms with van der Waals surface area (Å²) in [5, 5.41) is 7.31. The van der Waals surface area contributed by atoms with E-state index in [9.17, 15) is 8.42 Å². The van der Waals surface area contributed by atoms with Crippen LogP contribution in [0.2, 0.25) is 5.02 Å². The van der Waals surface area contributed by atoms with E-state index in [4.69, 9.17) is 11.6 Å².